The van der Waals surface area contributed by atoms with Gasteiger partial charge in [-0.05, 0) is 38.3 Å². The lowest BCUT2D eigenvalue weighted by Crippen LogP contribution is -2.35. The van der Waals surface area contributed by atoms with Gasteiger partial charge in [-0.2, -0.15) is 0 Å². The standard InChI is InChI=1S/C18H20N4OS/c1-11-2-5-13(24-11)9-21-7-6-14-16(10-21)19-17-8-15(12-3-4-12)20-22(17)18(14)23/h2,5,8,12,20H,3-4,6-7,9-10H2,1H3. The van der Waals surface area contributed by atoms with Crippen LogP contribution in [0.4, 0.5) is 0 Å². The molecule has 1 saturated carbocycles. The molecule has 0 amide bonds. The van der Waals surface area contributed by atoms with Gasteiger partial charge in [0, 0.05) is 52.6 Å². The Morgan fingerprint density at radius 3 is 3.00 bits per heavy atom. The minimum Gasteiger partial charge on any atom is -0.293 e. The molecule has 0 bridgehead atoms. The van der Waals surface area contributed by atoms with E-state index < -0.39 is 0 Å². The zero-order valence-corrected chi connectivity index (χ0v) is 14.5. The van der Waals surface area contributed by atoms with Gasteiger partial charge < -0.3 is 0 Å². The molecular weight excluding hydrogens is 320 g/mol. The highest BCUT2D eigenvalue weighted by Crippen LogP contribution is 2.39. The van der Waals surface area contributed by atoms with Crippen LogP contribution in [-0.2, 0) is 19.5 Å². The smallest absolute Gasteiger partial charge is 0.276 e. The van der Waals surface area contributed by atoms with Crippen molar-refractivity contribution in [3.63, 3.8) is 0 Å². The molecule has 3 aromatic heterocycles. The van der Waals surface area contributed by atoms with Crippen LogP contribution in [0.15, 0.2) is 23.0 Å². The van der Waals surface area contributed by atoms with Crippen molar-refractivity contribution in [3.05, 3.63) is 55.3 Å². The number of thiophene rings is 1. The van der Waals surface area contributed by atoms with Crippen molar-refractivity contribution in [3.8, 4) is 0 Å². The van der Waals surface area contributed by atoms with Gasteiger partial charge in [0.25, 0.3) is 5.56 Å². The molecule has 2 aliphatic rings. The van der Waals surface area contributed by atoms with Crippen LogP contribution < -0.4 is 5.56 Å². The molecule has 0 saturated heterocycles. The monoisotopic (exact) mass is 340 g/mol. The number of aromatic amines is 1. The Morgan fingerprint density at radius 2 is 2.25 bits per heavy atom. The van der Waals surface area contributed by atoms with Gasteiger partial charge in [-0.3, -0.25) is 14.8 Å². The molecule has 24 heavy (non-hydrogen) atoms. The molecular formula is C18H20N4OS. The van der Waals surface area contributed by atoms with Gasteiger partial charge in [0.05, 0.1) is 5.69 Å². The Hall–Kier alpha value is -1.92. The van der Waals surface area contributed by atoms with E-state index in [1.165, 1.54) is 22.6 Å². The molecule has 0 aromatic carbocycles. The fourth-order valence-electron chi connectivity index (χ4n) is 3.60. The van der Waals surface area contributed by atoms with Crippen LogP contribution in [0.5, 0.6) is 0 Å². The zero-order chi connectivity index (χ0) is 16.3. The number of rotatable bonds is 3. The lowest BCUT2D eigenvalue weighted by Gasteiger charge is -2.26. The van der Waals surface area contributed by atoms with Gasteiger partial charge in [-0.25, -0.2) is 9.50 Å². The van der Waals surface area contributed by atoms with Crippen LogP contribution in [0.2, 0.25) is 0 Å². The SMILES string of the molecule is Cc1ccc(CN2CCc3c(nc4cc(C5CC5)[nH]n4c3=O)C2)s1. The molecule has 0 spiro atoms. The summed E-state index contributed by atoms with van der Waals surface area (Å²) >= 11 is 1.85. The summed E-state index contributed by atoms with van der Waals surface area (Å²) in [6.45, 7) is 4.77. The van der Waals surface area contributed by atoms with Crippen molar-refractivity contribution >= 4 is 17.0 Å². The van der Waals surface area contributed by atoms with Crippen molar-refractivity contribution in [1.82, 2.24) is 19.5 Å². The number of hydrogen-bond donors (Lipinski definition) is 1. The third-order valence-electron chi connectivity index (χ3n) is 5.06. The average Bonchev–Trinajstić information content (AvgIpc) is 3.20. The first kappa shape index (κ1) is 14.4. The molecule has 5 nitrogen and oxygen atoms in total. The second-order valence-corrected chi connectivity index (χ2v) is 8.37. The van der Waals surface area contributed by atoms with Gasteiger partial charge in [0.1, 0.15) is 0 Å². The summed E-state index contributed by atoms with van der Waals surface area (Å²) in [4.78, 5) is 22.7. The molecule has 124 valence electrons. The van der Waals surface area contributed by atoms with Gasteiger partial charge in [-0.1, -0.05) is 0 Å². The fraction of sp³-hybridized carbons (Fsp3) is 0.444. The van der Waals surface area contributed by atoms with E-state index in [1.807, 2.05) is 11.3 Å². The molecule has 1 aliphatic carbocycles. The average molecular weight is 340 g/mol. The Labute approximate surface area is 143 Å². The van der Waals surface area contributed by atoms with Crippen molar-refractivity contribution in [2.45, 2.75) is 45.2 Å². The Bertz CT molecular complexity index is 979. The summed E-state index contributed by atoms with van der Waals surface area (Å²) in [5, 5.41) is 3.26. The number of nitrogens with zero attached hydrogens (tertiary/aromatic N) is 3. The van der Waals surface area contributed by atoms with Crippen LogP contribution in [0.1, 0.15) is 45.5 Å². The number of H-pyrrole nitrogens is 1. The highest BCUT2D eigenvalue weighted by molar-refractivity contribution is 7.11. The molecule has 5 rings (SSSR count). The van der Waals surface area contributed by atoms with Crippen molar-refractivity contribution < 1.29 is 0 Å². The fourth-order valence-corrected chi connectivity index (χ4v) is 4.53. The van der Waals surface area contributed by atoms with Gasteiger partial charge >= 0.3 is 0 Å². The zero-order valence-electron chi connectivity index (χ0n) is 13.7. The molecule has 1 aliphatic heterocycles. The maximum Gasteiger partial charge on any atom is 0.276 e. The number of nitrogens with one attached hydrogen (secondary N) is 1. The Kier molecular flexibility index (Phi) is 3.18. The number of hydrogen-bond acceptors (Lipinski definition) is 4. The third-order valence-corrected chi connectivity index (χ3v) is 6.04. The summed E-state index contributed by atoms with van der Waals surface area (Å²) in [6, 6.07) is 6.43. The second kappa shape index (κ2) is 5.29. The lowest BCUT2D eigenvalue weighted by atomic mass is 10.1. The lowest BCUT2D eigenvalue weighted by molar-refractivity contribution is 0.242. The van der Waals surface area contributed by atoms with Crippen LogP contribution in [0.25, 0.3) is 5.65 Å². The normalized spacial score (nSPS) is 18.2. The maximum absolute atomic E-state index is 12.8. The van der Waals surface area contributed by atoms with E-state index in [1.54, 1.807) is 4.52 Å². The van der Waals surface area contributed by atoms with E-state index in [-0.39, 0.29) is 5.56 Å². The molecule has 0 unspecified atom stereocenters. The van der Waals surface area contributed by atoms with Crippen molar-refractivity contribution in [2.24, 2.45) is 0 Å². The second-order valence-electron chi connectivity index (χ2n) is 6.99. The maximum atomic E-state index is 12.8. The molecule has 6 heteroatoms. The van der Waals surface area contributed by atoms with E-state index in [2.05, 4.69) is 35.1 Å². The summed E-state index contributed by atoms with van der Waals surface area (Å²) < 4.78 is 1.64. The minimum atomic E-state index is 0.0912. The van der Waals surface area contributed by atoms with E-state index in [0.717, 1.165) is 48.7 Å². The first-order valence-electron chi connectivity index (χ1n) is 8.58. The summed E-state index contributed by atoms with van der Waals surface area (Å²) in [6.07, 6.45) is 3.22. The number of aryl methyl sites for hydroxylation is 1. The van der Waals surface area contributed by atoms with Crippen LogP contribution >= 0.6 is 11.3 Å². The predicted molar refractivity (Wildman–Crippen MR) is 94.7 cm³/mol. The Balaban J connectivity index is 1.47. The number of fused-ring (bicyclic) bond motifs is 2. The van der Waals surface area contributed by atoms with Crippen LogP contribution in [-0.4, -0.2) is 26.0 Å². The van der Waals surface area contributed by atoms with Crippen LogP contribution in [0, 0.1) is 6.92 Å². The number of aromatic nitrogens is 3. The predicted octanol–water partition coefficient (Wildman–Crippen LogP) is 2.83. The van der Waals surface area contributed by atoms with E-state index >= 15 is 0 Å². The molecule has 3 aromatic rings. The van der Waals surface area contributed by atoms with Gasteiger partial charge in [0.15, 0.2) is 5.65 Å². The summed E-state index contributed by atoms with van der Waals surface area (Å²) in [7, 11) is 0. The van der Waals surface area contributed by atoms with E-state index in [4.69, 9.17) is 4.98 Å². The van der Waals surface area contributed by atoms with E-state index in [9.17, 15) is 4.79 Å². The van der Waals surface area contributed by atoms with Gasteiger partial charge in [-0.15, -0.1) is 11.3 Å². The highest BCUT2D eigenvalue weighted by atomic mass is 32.1. The first-order chi connectivity index (χ1) is 11.7. The first-order valence-corrected chi connectivity index (χ1v) is 9.40. The molecule has 0 radical (unpaired) electrons. The van der Waals surface area contributed by atoms with E-state index in [0.29, 0.717) is 5.92 Å². The summed E-state index contributed by atoms with van der Waals surface area (Å²) in [5.74, 6) is 0.599. The largest absolute Gasteiger partial charge is 0.293 e. The van der Waals surface area contributed by atoms with Crippen molar-refractivity contribution in [2.75, 3.05) is 6.54 Å². The Morgan fingerprint density at radius 1 is 1.38 bits per heavy atom. The minimum absolute atomic E-state index is 0.0912. The molecule has 0 atom stereocenters. The third kappa shape index (κ3) is 2.41. The summed E-state index contributed by atoms with van der Waals surface area (Å²) in [5.41, 5.74) is 3.87. The molecule has 1 N–H and O–H groups in total. The highest BCUT2D eigenvalue weighted by Gasteiger charge is 2.27. The van der Waals surface area contributed by atoms with Crippen LogP contribution in [0.3, 0.4) is 0 Å². The molecule has 4 heterocycles. The van der Waals surface area contributed by atoms with Gasteiger partial charge in [0.2, 0.25) is 0 Å². The molecule has 1 fully saturated rings. The van der Waals surface area contributed by atoms with Crippen molar-refractivity contribution in [1.29, 1.82) is 0 Å². The quantitative estimate of drug-likeness (QED) is 0.798. The topological polar surface area (TPSA) is 53.4 Å².